The molecule has 2 saturated heterocycles. The number of carbonyl (C=O) groups is 1. The van der Waals surface area contributed by atoms with Gasteiger partial charge in [-0.1, -0.05) is 24.2 Å². The number of ether oxygens (including phenoxy) is 1. The third-order valence-electron chi connectivity index (χ3n) is 6.15. The fourth-order valence-electron chi connectivity index (χ4n) is 4.65. The van der Waals surface area contributed by atoms with Crippen LogP contribution in [0, 0.1) is 5.92 Å². The number of rotatable bonds is 4. The minimum absolute atomic E-state index is 0.312. The van der Waals surface area contributed by atoms with Crippen LogP contribution in [0.15, 0.2) is 11.6 Å². The molecule has 4 rings (SSSR count). The molecule has 0 aromatic carbocycles. The van der Waals surface area contributed by atoms with Gasteiger partial charge in [0.15, 0.2) is 0 Å². The monoisotopic (exact) mass is 363 g/mol. The van der Waals surface area contributed by atoms with Crippen LogP contribution in [0.25, 0.3) is 0 Å². The van der Waals surface area contributed by atoms with Crippen molar-refractivity contribution in [3.05, 3.63) is 11.6 Å². The van der Waals surface area contributed by atoms with Gasteiger partial charge in [-0.15, -0.1) is 0 Å². The molecule has 1 amide bonds. The van der Waals surface area contributed by atoms with E-state index in [0.29, 0.717) is 24.0 Å². The van der Waals surface area contributed by atoms with E-state index in [1.54, 1.807) is 17.5 Å². The molecular weight excluding hydrogens is 334 g/mol. The molecule has 6 heteroatoms. The maximum atomic E-state index is 12.6. The molecule has 1 saturated carbocycles. The van der Waals surface area contributed by atoms with Crippen molar-refractivity contribution in [1.29, 1.82) is 0 Å². The van der Waals surface area contributed by atoms with Crippen molar-refractivity contribution < 1.29 is 9.53 Å². The minimum atomic E-state index is 0.312. The normalized spacial score (nSPS) is 24.7. The van der Waals surface area contributed by atoms with E-state index < -0.39 is 0 Å². The smallest absolute Gasteiger partial charge is 0.273 e. The molecule has 2 aliphatic heterocycles. The molecule has 0 unspecified atom stereocenters. The molecule has 1 aliphatic carbocycles. The second-order valence-corrected chi connectivity index (χ2v) is 8.55. The average Bonchev–Trinajstić information content (AvgIpc) is 3.36. The second kappa shape index (κ2) is 8.04. The zero-order valence-corrected chi connectivity index (χ0v) is 15.8. The van der Waals surface area contributed by atoms with Crippen molar-refractivity contribution >= 4 is 17.2 Å². The number of aromatic nitrogens is 1. The summed E-state index contributed by atoms with van der Waals surface area (Å²) in [6, 6.07) is 0.647. The SMILES string of the molecule is O=C(C1CCCC1)N1CCC(N2CCC(Oc3nccs3)CC2)CC1. The van der Waals surface area contributed by atoms with Crippen molar-refractivity contribution in [2.75, 3.05) is 26.2 Å². The first-order valence-electron chi connectivity index (χ1n) is 9.88. The van der Waals surface area contributed by atoms with Gasteiger partial charge in [0.1, 0.15) is 6.10 Å². The Balaban J connectivity index is 1.20. The highest BCUT2D eigenvalue weighted by Crippen LogP contribution is 2.29. The van der Waals surface area contributed by atoms with Crippen molar-refractivity contribution in [2.24, 2.45) is 5.92 Å². The summed E-state index contributed by atoms with van der Waals surface area (Å²) < 4.78 is 5.96. The molecule has 25 heavy (non-hydrogen) atoms. The lowest BCUT2D eigenvalue weighted by molar-refractivity contribution is -0.137. The lowest BCUT2D eigenvalue weighted by Crippen LogP contribution is -2.50. The Morgan fingerprint density at radius 1 is 1.04 bits per heavy atom. The van der Waals surface area contributed by atoms with E-state index in [4.69, 9.17) is 4.74 Å². The van der Waals surface area contributed by atoms with Gasteiger partial charge in [0.25, 0.3) is 5.19 Å². The summed E-state index contributed by atoms with van der Waals surface area (Å²) in [5, 5.41) is 2.77. The number of hydrogen-bond acceptors (Lipinski definition) is 5. The van der Waals surface area contributed by atoms with E-state index in [1.165, 1.54) is 12.8 Å². The lowest BCUT2D eigenvalue weighted by Gasteiger charge is -2.42. The summed E-state index contributed by atoms with van der Waals surface area (Å²) in [7, 11) is 0. The fraction of sp³-hybridized carbons (Fsp3) is 0.789. The first kappa shape index (κ1) is 17.3. The predicted molar refractivity (Wildman–Crippen MR) is 98.9 cm³/mol. The molecule has 1 aromatic heterocycles. The number of hydrogen-bond donors (Lipinski definition) is 0. The fourth-order valence-corrected chi connectivity index (χ4v) is 5.20. The van der Waals surface area contributed by atoms with Crippen LogP contribution >= 0.6 is 11.3 Å². The minimum Gasteiger partial charge on any atom is -0.467 e. The van der Waals surface area contributed by atoms with Crippen LogP contribution in [0.3, 0.4) is 0 Å². The van der Waals surface area contributed by atoms with E-state index in [1.807, 2.05) is 5.38 Å². The van der Waals surface area contributed by atoms with E-state index in [9.17, 15) is 4.79 Å². The first-order valence-corrected chi connectivity index (χ1v) is 10.8. The maximum absolute atomic E-state index is 12.6. The highest BCUT2D eigenvalue weighted by atomic mass is 32.1. The Bertz CT molecular complexity index is 543. The van der Waals surface area contributed by atoms with Crippen LogP contribution in [0.5, 0.6) is 5.19 Å². The predicted octanol–water partition coefficient (Wildman–Crippen LogP) is 3.17. The Labute approximate surface area is 154 Å². The van der Waals surface area contributed by atoms with Gasteiger partial charge >= 0.3 is 0 Å². The second-order valence-electron chi connectivity index (χ2n) is 7.69. The maximum Gasteiger partial charge on any atom is 0.273 e. The summed E-state index contributed by atoms with van der Waals surface area (Å²) in [6.07, 6.45) is 11.3. The van der Waals surface area contributed by atoms with Crippen molar-refractivity contribution in [3.63, 3.8) is 0 Å². The Morgan fingerprint density at radius 3 is 2.40 bits per heavy atom. The molecule has 3 heterocycles. The van der Waals surface area contributed by atoms with Crippen LogP contribution in [0.1, 0.15) is 51.4 Å². The quantitative estimate of drug-likeness (QED) is 0.824. The number of nitrogens with zero attached hydrogens (tertiary/aromatic N) is 3. The molecule has 5 nitrogen and oxygen atoms in total. The van der Waals surface area contributed by atoms with Crippen molar-refractivity contribution in [1.82, 2.24) is 14.8 Å². The van der Waals surface area contributed by atoms with Crippen LogP contribution in [-0.2, 0) is 4.79 Å². The van der Waals surface area contributed by atoms with Crippen LogP contribution in [0.4, 0.5) is 0 Å². The van der Waals surface area contributed by atoms with Gasteiger partial charge in [0.2, 0.25) is 5.91 Å². The van der Waals surface area contributed by atoms with Gasteiger partial charge in [-0.3, -0.25) is 9.69 Å². The molecular formula is C19H29N3O2S. The van der Waals surface area contributed by atoms with Crippen LogP contribution < -0.4 is 4.74 Å². The van der Waals surface area contributed by atoms with E-state index in [0.717, 1.165) is 69.9 Å². The van der Waals surface area contributed by atoms with Gasteiger partial charge in [-0.2, -0.15) is 0 Å². The Kier molecular flexibility index (Phi) is 5.56. The first-order chi connectivity index (χ1) is 12.3. The van der Waals surface area contributed by atoms with E-state index >= 15 is 0 Å². The molecule has 3 fully saturated rings. The van der Waals surface area contributed by atoms with Gasteiger partial charge in [0, 0.05) is 49.7 Å². The van der Waals surface area contributed by atoms with Crippen molar-refractivity contribution in [3.8, 4) is 5.19 Å². The highest BCUT2D eigenvalue weighted by molar-refractivity contribution is 7.11. The molecule has 0 bridgehead atoms. The van der Waals surface area contributed by atoms with E-state index in [-0.39, 0.29) is 0 Å². The zero-order valence-electron chi connectivity index (χ0n) is 14.9. The number of thiazole rings is 1. The van der Waals surface area contributed by atoms with E-state index in [2.05, 4.69) is 14.8 Å². The molecule has 0 N–H and O–H groups in total. The molecule has 0 radical (unpaired) electrons. The Morgan fingerprint density at radius 2 is 1.76 bits per heavy atom. The third-order valence-corrected chi connectivity index (χ3v) is 6.81. The van der Waals surface area contributed by atoms with Crippen molar-refractivity contribution in [2.45, 2.75) is 63.5 Å². The average molecular weight is 364 g/mol. The third kappa shape index (κ3) is 4.17. The molecule has 0 spiro atoms. The number of likely N-dealkylation sites (tertiary alicyclic amines) is 2. The number of piperidine rings is 2. The lowest BCUT2D eigenvalue weighted by atomic mass is 9.97. The highest BCUT2D eigenvalue weighted by Gasteiger charge is 2.33. The zero-order chi connectivity index (χ0) is 17.1. The van der Waals surface area contributed by atoms with Gasteiger partial charge in [-0.25, -0.2) is 4.98 Å². The molecule has 1 aromatic rings. The summed E-state index contributed by atoms with van der Waals surface area (Å²) in [5.74, 6) is 0.766. The van der Waals surface area contributed by atoms with Crippen LogP contribution in [-0.4, -0.2) is 59.0 Å². The molecule has 3 aliphatic rings. The largest absolute Gasteiger partial charge is 0.467 e. The topological polar surface area (TPSA) is 45.7 Å². The summed E-state index contributed by atoms with van der Waals surface area (Å²) in [4.78, 5) is 21.6. The Hall–Kier alpha value is -1.14. The van der Waals surface area contributed by atoms with Gasteiger partial charge < -0.3 is 9.64 Å². The van der Waals surface area contributed by atoms with Gasteiger partial charge in [-0.05, 0) is 38.5 Å². The number of carbonyl (C=O) groups excluding carboxylic acids is 1. The summed E-state index contributed by atoms with van der Waals surface area (Å²) in [5.41, 5.74) is 0. The summed E-state index contributed by atoms with van der Waals surface area (Å²) >= 11 is 1.57. The van der Waals surface area contributed by atoms with Gasteiger partial charge in [0.05, 0.1) is 0 Å². The number of amides is 1. The molecule has 0 atom stereocenters. The summed E-state index contributed by atoms with van der Waals surface area (Å²) in [6.45, 7) is 4.12. The standard InChI is InChI=1S/C19H29N3O2S/c23-18(15-3-1-2-4-15)22-10-5-16(6-11-22)21-12-7-17(8-13-21)24-19-20-9-14-25-19/h9,14-17H,1-8,10-13H2. The molecule has 138 valence electrons. The van der Waals surface area contributed by atoms with Crippen LogP contribution in [0.2, 0.25) is 0 Å².